The van der Waals surface area contributed by atoms with Gasteiger partial charge in [0, 0.05) is 18.0 Å². The van der Waals surface area contributed by atoms with E-state index in [9.17, 15) is 5.11 Å². The summed E-state index contributed by atoms with van der Waals surface area (Å²) in [5.41, 5.74) is 0.889. The van der Waals surface area contributed by atoms with E-state index in [4.69, 9.17) is 14.2 Å². The molecule has 0 aliphatic carbocycles. The van der Waals surface area contributed by atoms with Gasteiger partial charge in [0.25, 0.3) is 0 Å². The molecule has 0 radical (unpaired) electrons. The van der Waals surface area contributed by atoms with Crippen molar-refractivity contribution in [2.24, 2.45) is 0 Å². The number of nitrogens with zero attached hydrogens (tertiary/aromatic N) is 2. The highest BCUT2D eigenvalue weighted by molar-refractivity contribution is 5.30. The van der Waals surface area contributed by atoms with Gasteiger partial charge in [-0.15, -0.1) is 0 Å². The Morgan fingerprint density at radius 1 is 1.41 bits per heavy atom. The highest BCUT2D eigenvalue weighted by Gasteiger charge is 2.43. The van der Waals surface area contributed by atoms with E-state index in [1.165, 1.54) is 0 Å². The summed E-state index contributed by atoms with van der Waals surface area (Å²) in [7, 11) is 0. The molecule has 6 nitrogen and oxygen atoms in total. The maximum atomic E-state index is 9.34. The lowest BCUT2D eigenvalue weighted by atomic mass is 10.1. The molecule has 1 aliphatic heterocycles. The van der Waals surface area contributed by atoms with Gasteiger partial charge in [-0.2, -0.15) is 0 Å². The Kier molecular flexibility index (Phi) is 4.42. The van der Waals surface area contributed by atoms with Gasteiger partial charge in [0.05, 0.1) is 32.7 Å². The maximum Gasteiger partial charge on any atom is 0.214 e. The molecule has 1 saturated heterocycles. The number of hydrogen-bond acceptors (Lipinski definition) is 5. The molecule has 118 valence electrons. The second kappa shape index (κ2) is 6.48. The van der Waals surface area contributed by atoms with Crippen molar-refractivity contribution in [2.45, 2.75) is 25.4 Å². The van der Waals surface area contributed by atoms with Crippen LogP contribution in [0, 0.1) is 0 Å². The Morgan fingerprint density at radius 3 is 2.82 bits per heavy atom. The van der Waals surface area contributed by atoms with Crippen molar-refractivity contribution in [3.63, 3.8) is 0 Å². The Hall–Kier alpha value is -1.89. The zero-order valence-corrected chi connectivity index (χ0v) is 12.5. The number of ether oxygens (including phenoxy) is 3. The first-order valence-electron chi connectivity index (χ1n) is 7.37. The molecule has 1 aromatic carbocycles. The van der Waals surface area contributed by atoms with Crippen molar-refractivity contribution in [2.75, 3.05) is 19.8 Å². The second-order valence-corrected chi connectivity index (χ2v) is 5.18. The molecule has 1 aromatic heterocycles. The fourth-order valence-corrected chi connectivity index (χ4v) is 2.57. The van der Waals surface area contributed by atoms with Gasteiger partial charge in [0.2, 0.25) is 5.79 Å². The fourth-order valence-electron chi connectivity index (χ4n) is 2.57. The molecule has 0 saturated carbocycles. The summed E-state index contributed by atoms with van der Waals surface area (Å²) in [6.07, 6.45) is 4.96. The molecular formula is C16H20N2O4. The van der Waals surface area contributed by atoms with Crippen LogP contribution in [-0.2, 0) is 21.8 Å². The Labute approximate surface area is 129 Å². The first-order chi connectivity index (χ1) is 10.8. The molecule has 0 bridgehead atoms. The molecule has 0 amide bonds. The van der Waals surface area contributed by atoms with Crippen LogP contribution in [0.15, 0.2) is 43.0 Å². The first-order valence-corrected chi connectivity index (χ1v) is 7.37. The van der Waals surface area contributed by atoms with Gasteiger partial charge in [0.1, 0.15) is 11.9 Å². The molecule has 2 heterocycles. The highest BCUT2D eigenvalue weighted by Crippen LogP contribution is 2.36. The number of rotatable bonds is 6. The molecule has 3 rings (SSSR count). The monoisotopic (exact) mass is 304 g/mol. The van der Waals surface area contributed by atoms with Crippen LogP contribution in [0.5, 0.6) is 5.75 Å². The summed E-state index contributed by atoms with van der Waals surface area (Å²) >= 11 is 0. The van der Waals surface area contributed by atoms with E-state index in [1.54, 1.807) is 12.5 Å². The van der Waals surface area contributed by atoms with Gasteiger partial charge < -0.3 is 23.9 Å². The van der Waals surface area contributed by atoms with Crippen molar-refractivity contribution in [3.8, 4) is 5.75 Å². The van der Waals surface area contributed by atoms with Crippen molar-refractivity contribution in [3.05, 3.63) is 48.5 Å². The van der Waals surface area contributed by atoms with Crippen molar-refractivity contribution < 1.29 is 19.3 Å². The predicted octanol–water partition coefficient (Wildman–Crippen LogP) is 1.54. The van der Waals surface area contributed by atoms with Crippen LogP contribution in [0.3, 0.4) is 0 Å². The largest absolute Gasteiger partial charge is 0.494 e. The summed E-state index contributed by atoms with van der Waals surface area (Å²) in [6, 6.07) is 7.66. The molecule has 22 heavy (non-hydrogen) atoms. The van der Waals surface area contributed by atoms with Gasteiger partial charge in [-0.05, 0) is 31.2 Å². The Morgan fingerprint density at radius 2 is 2.23 bits per heavy atom. The Bertz CT molecular complexity index is 585. The van der Waals surface area contributed by atoms with E-state index in [-0.39, 0.29) is 12.7 Å². The van der Waals surface area contributed by atoms with Gasteiger partial charge >= 0.3 is 0 Å². The van der Waals surface area contributed by atoms with Crippen LogP contribution in [0.1, 0.15) is 12.5 Å². The van der Waals surface area contributed by atoms with Crippen LogP contribution in [0.2, 0.25) is 0 Å². The maximum absolute atomic E-state index is 9.34. The van der Waals surface area contributed by atoms with Crippen molar-refractivity contribution in [1.29, 1.82) is 0 Å². The highest BCUT2D eigenvalue weighted by atomic mass is 16.7. The molecule has 1 aliphatic rings. The van der Waals surface area contributed by atoms with Crippen LogP contribution >= 0.6 is 0 Å². The second-order valence-electron chi connectivity index (χ2n) is 5.18. The molecule has 2 unspecified atom stereocenters. The van der Waals surface area contributed by atoms with Crippen LogP contribution < -0.4 is 4.74 Å². The van der Waals surface area contributed by atoms with Gasteiger partial charge in [-0.25, -0.2) is 4.98 Å². The topological polar surface area (TPSA) is 65.7 Å². The van der Waals surface area contributed by atoms with E-state index >= 15 is 0 Å². The smallest absolute Gasteiger partial charge is 0.214 e. The standard InChI is InChI=1S/C16H20N2O4/c1-2-20-14-5-3-13(4-6-14)16(11-18-8-7-17-12-18)21-10-15(9-19)22-16/h3-8,12,15,19H,2,9-11H2,1H3. The molecule has 6 heteroatoms. The molecular weight excluding hydrogens is 284 g/mol. The number of hydrogen-bond donors (Lipinski definition) is 1. The lowest BCUT2D eigenvalue weighted by Crippen LogP contribution is -2.33. The molecule has 2 aromatic rings. The normalized spacial score (nSPS) is 24.5. The number of aliphatic hydroxyl groups is 1. The average Bonchev–Trinajstić information content (AvgIpc) is 3.19. The van der Waals surface area contributed by atoms with Crippen LogP contribution in [-0.4, -0.2) is 40.6 Å². The molecule has 2 atom stereocenters. The third-order valence-electron chi connectivity index (χ3n) is 3.62. The Balaban J connectivity index is 1.88. The molecule has 1 fully saturated rings. The predicted molar refractivity (Wildman–Crippen MR) is 79.4 cm³/mol. The summed E-state index contributed by atoms with van der Waals surface area (Å²) in [6.45, 7) is 3.33. The third kappa shape index (κ3) is 2.99. The minimum absolute atomic E-state index is 0.0668. The lowest BCUT2D eigenvalue weighted by Gasteiger charge is -2.29. The third-order valence-corrected chi connectivity index (χ3v) is 3.62. The van der Waals surface area contributed by atoms with Gasteiger partial charge in [0.15, 0.2) is 0 Å². The van der Waals surface area contributed by atoms with E-state index in [1.807, 2.05) is 42.0 Å². The number of aliphatic hydroxyl groups excluding tert-OH is 1. The van der Waals surface area contributed by atoms with Crippen molar-refractivity contribution >= 4 is 0 Å². The lowest BCUT2D eigenvalue weighted by molar-refractivity contribution is -0.190. The van der Waals surface area contributed by atoms with E-state index < -0.39 is 5.79 Å². The summed E-state index contributed by atoms with van der Waals surface area (Å²) in [5.74, 6) is -0.112. The number of imidazole rings is 1. The quantitative estimate of drug-likeness (QED) is 0.877. The van der Waals surface area contributed by atoms with E-state index in [0.717, 1.165) is 11.3 Å². The zero-order valence-electron chi connectivity index (χ0n) is 12.5. The fraction of sp³-hybridized carbons (Fsp3) is 0.438. The average molecular weight is 304 g/mol. The first kappa shape index (κ1) is 15.0. The number of aromatic nitrogens is 2. The minimum Gasteiger partial charge on any atom is -0.494 e. The molecule has 1 N–H and O–H groups in total. The van der Waals surface area contributed by atoms with E-state index in [0.29, 0.717) is 19.8 Å². The van der Waals surface area contributed by atoms with Crippen LogP contribution in [0.25, 0.3) is 0 Å². The minimum atomic E-state index is -0.918. The van der Waals surface area contributed by atoms with Crippen molar-refractivity contribution in [1.82, 2.24) is 9.55 Å². The SMILES string of the molecule is CCOc1ccc(C2(Cn3ccnc3)OCC(CO)O2)cc1. The zero-order chi connectivity index (χ0) is 15.4. The molecule has 0 spiro atoms. The van der Waals surface area contributed by atoms with Gasteiger partial charge in [-0.3, -0.25) is 0 Å². The van der Waals surface area contributed by atoms with E-state index in [2.05, 4.69) is 4.98 Å². The van der Waals surface area contributed by atoms with Crippen LogP contribution in [0.4, 0.5) is 0 Å². The van der Waals surface area contributed by atoms with Gasteiger partial charge in [-0.1, -0.05) is 0 Å². The number of benzene rings is 1. The summed E-state index contributed by atoms with van der Waals surface area (Å²) in [5, 5.41) is 9.34. The summed E-state index contributed by atoms with van der Waals surface area (Å²) < 4.78 is 19.3. The summed E-state index contributed by atoms with van der Waals surface area (Å²) in [4.78, 5) is 4.05.